The minimum Gasteiger partial charge on any atom is -0.350 e. The van der Waals surface area contributed by atoms with E-state index in [0.29, 0.717) is 19.0 Å². The number of carbonyl (C=O) groups is 2. The van der Waals surface area contributed by atoms with Gasteiger partial charge in [0.2, 0.25) is 5.91 Å². The Bertz CT molecular complexity index is 784. The second kappa shape index (κ2) is 8.63. The number of piperidine rings is 2. The molecule has 2 fully saturated rings. The molecule has 5 heteroatoms. The highest BCUT2D eigenvalue weighted by Crippen LogP contribution is 2.23. The maximum atomic E-state index is 12.8. The molecule has 3 heterocycles. The molecule has 148 valence electrons. The number of hydrogen-bond donors (Lipinski definition) is 0. The molecule has 5 nitrogen and oxygen atoms in total. The van der Waals surface area contributed by atoms with E-state index in [1.54, 1.807) is 0 Å². The van der Waals surface area contributed by atoms with Crippen molar-refractivity contribution in [1.29, 1.82) is 0 Å². The van der Waals surface area contributed by atoms with Gasteiger partial charge >= 0.3 is 0 Å². The van der Waals surface area contributed by atoms with Crippen molar-refractivity contribution in [3.63, 3.8) is 0 Å². The van der Waals surface area contributed by atoms with Gasteiger partial charge in [-0.2, -0.15) is 0 Å². The number of nitrogens with zero attached hydrogens (tertiary/aromatic N) is 3. The van der Waals surface area contributed by atoms with E-state index in [0.717, 1.165) is 50.9 Å². The summed E-state index contributed by atoms with van der Waals surface area (Å²) in [4.78, 5) is 29.5. The Balaban J connectivity index is 1.30. The van der Waals surface area contributed by atoms with E-state index in [1.165, 1.54) is 12.0 Å². The van der Waals surface area contributed by atoms with Crippen molar-refractivity contribution < 1.29 is 9.59 Å². The van der Waals surface area contributed by atoms with Crippen LogP contribution in [0.15, 0.2) is 48.8 Å². The lowest BCUT2D eigenvalue weighted by Gasteiger charge is -2.35. The van der Waals surface area contributed by atoms with Gasteiger partial charge in [0.05, 0.1) is 0 Å². The molecule has 0 spiro atoms. The fourth-order valence-corrected chi connectivity index (χ4v) is 4.32. The molecule has 2 saturated heterocycles. The average molecular weight is 380 g/mol. The molecule has 0 saturated carbocycles. The fourth-order valence-electron chi connectivity index (χ4n) is 4.32. The Hall–Kier alpha value is -2.56. The molecular weight excluding hydrogens is 350 g/mol. The van der Waals surface area contributed by atoms with Crippen LogP contribution in [0.25, 0.3) is 0 Å². The van der Waals surface area contributed by atoms with E-state index in [4.69, 9.17) is 0 Å². The van der Waals surface area contributed by atoms with Gasteiger partial charge in [-0.3, -0.25) is 9.59 Å². The van der Waals surface area contributed by atoms with Crippen LogP contribution >= 0.6 is 0 Å². The number of hydrogen-bond acceptors (Lipinski definition) is 2. The molecular formula is C23H29N3O2. The normalized spacial score (nSPS) is 18.3. The summed E-state index contributed by atoms with van der Waals surface area (Å²) in [6.07, 6.45) is 9.14. The van der Waals surface area contributed by atoms with Crippen LogP contribution in [0.4, 0.5) is 0 Å². The molecule has 28 heavy (non-hydrogen) atoms. The third-order valence-corrected chi connectivity index (χ3v) is 6.03. The zero-order chi connectivity index (χ0) is 19.3. The first-order chi connectivity index (χ1) is 13.7. The molecule has 2 aromatic rings. The van der Waals surface area contributed by atoms with Crippen molar-refractivity contribution in [3.05, 3.63) is 59.9 Å². The Morgan fingerprint density at radius 2 is 1.46 bits per heavy atom. The Kier molecular flexibility index (Phi) is 5.79. The van der Waals surface area contributed by atoms with Crippen LogP contribution in [0.3, 0.4) is 0 Å². The highest BCUT2D eigenvalue weighted by atomic mass is 16.2. The lowest BCUT2D eigenvalue weighted by molar-refractivity contribution is -0.137. The highest BCUT2D eigenvalue weighted by Gasteiger charge is 2.30. The van der Waals surface area contributed by atoms with Gasteiger partial charge in [0.1, 0.15) is 0 Å². The van der Waals surface area contributed by atoms with Crippen LogP contribution in [-0.4, -0.2) is 52.4 Å². The minimum absolute atomic E-state index is 0.0800. The highest BCUT2D eigenvalue weighted by molar-refractivity contribution is 5.94. The molecule has 4 rings (SSSR count). The minimum atomic E-state index is 0.0800. The van der Waals surface area contributed by atoms with Gasteiger partial charge in [-0.1, -0.05) is 12.1 Å². The van der Waals surface area contributed by atoms with Crippen molar-refractivity contribution in [2.45, 2.75) is 38.6 Å². The van der Waals surface area contributed by atoms with E-state index in [-0.39, 0.29) is 11.8 Å². The Morgan fingerprint density at radius 3 is 2.11 bits per heavy atom. The van der Waals surface area contributed by atoms with Gasteiger partial charge in [-0.25, -0.2) is 0 Å². The fraction of sp³-hybridized carbons (Fsp3) is 0.478. The summed E-state index contributed by atoms with van der Waals surface area (Å²) in [5, 5.41) is 0. The molecule has 0 N–H and O–H groups in total. The van der Waals surface area contributed by atoms with E-state index >= 15 is 0 Å². The zero-order valence-electron chi connectivity index (χ0n) is 16.4. The van der Waals surface area contributed by atoms with Gasteiger partial charge in [-0.15, -0.1) is 0 Å². The molecule has 0 radical (unpaired) electrons. The standard InChI is InChI=1S/C23H29N3O2/c27-22(20-8-6-19(7-9-20)18-24-12-4-5-13-24)26-16-10-21(11-17-26)23(28)25-14-2-1-3-15-25/h4-9,12-13,21H,1-3,10-11,14-18H2. The van der Waals surface area contributed by atoms with Crippen molar-refractivity contribution in [2.24, 2.45) is 5.92 Å². The molecule has 1 aromatic heterocycles. The average Bonchev–Trinajstić information content (AvgIpc) is 3.27. The van der Waals surface area contributed by atoms with Crippen LogP contribution in [0.1, 0.15) is 48.0 Å². The maximum absolute atomic E-state index is 12.8. The van der Waals surface area contributed by atoms with Crippen LogP contribution in [0.2, 0.25) is 0 Å². The lowest BCUT2D eigenvalue weighted by atomic mass is 9.94. The van der Waals surface area contributed by atoms with Gasteiger partial charge in [0.15, 0.2) is 0 Å². The van der Waals surface area contributed by atoms with Gasteiger partial charge < -0.3 is 14.4 Å². The van der Waals surface area contributed by atoms with Crippen LogP contribution in [0, 0.1) is 5.92 Å². The second-order valence-electron chi connectivity index (χ2n) is 8.00. The predicted octanol–water partition coefficient (Wildman–Crippen LogP) is 3.40. The number of benzene rings is 1. The summed E-state index contributed by atoms with van der Waals surface area (Å²) in [6.45, 7) is 3.98. The smallest absolute Gasteiger partial charge is 0.253 e. The number of amides is 2. The first-order valence-electron chi connectivity index (χ1n) is 10.5. The van der Waals surface area contributed by atoms with E-state index < -0.39 is 0 Å². The van der Waals surface area contributed by atoms with Crippen molar-refractivity contribution in [3.8, 4) is 0 Å². The second-order valence-corrected chi connectivity index (χ2v) is 8.00. The third-order valence-electron chi connectivity index (χ3n) is 6.03. The molecule has 0 unspecified atom stereocenters. The predicted molar refractivity (Wildman–Crippen MR) is 109 cm³/mol. The number of likely N-dealkylation sites (tertiary alicyclic amines) is 2. The molecule has 0 bridgehead atoms. The van der Waals surface area contributed by atoms with Crippen LogP contribution in [0.5, 0.6) is 0 Å². The summed E-state index contributed by atoms with van der Waals surface area (Å²) in [5.41, 5.74) is 1.91. The van der Waals surface area contributed by atoms with Crippen molar-refractivity contribution in [2.75, 3.05) is 26.2 Å². The summed E-state index contributed by atoms with van der Waals surface area (Å²) in [7, 11) is 0. The van der Waals surface area contributed by atoms with E-state index in [2.05, 4.69) is 4.57 Å². The summed E-state index contributed by atoms with van der Waals surface area (Å²) >= 11 is 0. The molecule has 2 aliphatic heterocycles. The van der Waals surface area contributed by atoms with Gasteiger partial charge in [-0.05, 0) is 61.9 Å². The van der Waals surface area contributed by atoms with E-state index in [9.17, 15) is 9.59 Å². The maximum Gasteiger partial charge on any atom is 0.253 e. The molecule has 1 aromatic carbocycles. The first kappa shape index (κ1) is 18.8. The summed E-state index contributed by atoms with van der Waals surface area (Å²) < 4.78 is 2.11. The topological polar surface area (TPSA) is 45.6 Å². The summed E-state index contributed by atoms with van der Waals surface area (Å²) in [6, 6.07) is 11.9. The quantitative estimate of drug-likeness (QED) is 0.817. The number of rotatable bonds is 4. The number of aromatic nitrogens is 1. The van der Waals surface area contributed by atoms with E-state index in [1.807, 2.05) is 58.6 Å². The molecule has 0 atom stereocenters. The van der Waals surface area contributed by atoms with Crippen LogP contribution < -0.4 is 0 Å². The summed E-state index contributed by atoms with van der Waals surface area (Å²) in [5.74, 6) is 0.476. The lowest BCUT2D eigenvalue weighted by Crippen LogP contribution is -2.45. The largest absolute Gasteiger partial charge is 0.350 e. The Morgan fingerprint density at radius 1 is 0.821 bits per heavy atom. The zero-order valence-corrected chi connectivity index (χ0v) is 16.4. The van der Waals surface area contributed by atoms with Crippen molar-refractivity contribution >= 4 is 11.8 Å². The SMILES string of the molecule is O=C(c1ccc(Cn2cccc2)cc1)N1CCC(C(=O)N2CCCCC2)CC1. The molecule has 0 aliphatic carbocycles. The van der Waals surface area contributed by atoms with Crippen LogP contribution in [-0.2, 0) is 11.3 Å². The molecule has 2 aliphatic rings. The van der Waals surface area contributed by atoms with Crippen molar-refractivity contribution in [1.82, 2.24) is 14.4 Å². The molecule has 2 amide bonds. The van der Waals surface area contributed by atoms with Gasteiger partial charge in [0.25, 0.3) is 5.91 Å². The van der Waals surface area contributed by atoms with Gasteiger partial charge in [0, 0.05) is 56.6 Å². The first-order valence-corrected chi connectivity index (χ1v) is 10.5. The monoisotopic (exact) mass is 379 g/mol. The number of carbonyl (C=O) groups excluding carboxylic acids is 2. The third kappa shape index (κ3) is 4.29. The Labute approximate surface area is 166 Å².